The van der Waals surface area contributed by atoms with Gasteiger partial charge in [-0.3, -0.25) is 14.5 Å². The van der Waals surface area contributed by atoms with E-state index in [1.54, 1.807) is 17.5 Å². The van der Waals surface area contributed by atoms with Crippen molar-refractivity contribution < 1.29 is 33.4 Å². The van der Waals surface area contributed by atoms with Crippen LogP contribution in [0.15, 0.2) is 52.7 Å². The number of halogens is 2. The second-order valence-corrected chi connectivity index (χ2v) is 10.4. The van der Waals surface area contributed by atoms with Crippen molar-refractivity contribution in [2.75, 3.05) is 11.9 Å². The minimum atomic E-state index is -1.32. The van der Waals surface area contributed by atoms with E-state index in [4.69, 9.17) is 23.1 Å². The fourth-order valence-electron chi connectivity index (χ4n) is 3.35. The van der Waals surface area contributed by atoms with E-state index in [1.165, 1.54) is 28.4 Å². The molecule has 0 aliphatic carbocycles. The number of thiophene rings is 1. The fraction of sp³-hybridized carbons (Fsp3) is 0.0833. The molecule has 2 heterocycles. The van der Waals surface area contributed by atoms with Gasteiger partial charge in [-0.05, 0) is 52.9 Å². The topological polar surface area (TPSA) is 133 Å². The molecule has 3 aromatic rings. The number of thioether (sulfide) groups is 1. The molecule has 1 atom stereocenters. The van der Waals surface area contributed by atoms with E-state index < -0.39 is 41.2 Å². The van der Waals surface area contributed by atoms with Gasteiger partial charge in [-0.2, -0.15) is 0 Å². The zero-order valence-corrected chi connectivity index (χ0v) is 21.1. The van der Waals surface area contributed by atoms with Crippen LogP contribution < -0.4 is 11.1 Å². The number of carbonyl (C=O) groups excluding carboxylic acids is 2. The Hall–Kier alpha value is -3.65. The maximum absolute atomic E-state index is 13.6. The summed E-state index contributed by atoms with van der Waals surface area (Å²) in [5, 5.41) is 23.0. The van der Waals surface area contributed by atoms with Crippen LogP contribution >= 0.6 is 35.3 Å². The molecule has 2 aromatic carbocycles. The van der Waals surface area contributed by atoms with Crippen LogP contribution in [-0.2, 0) is 9.59 Å². The third-order valence-electron chi connectivity index (χ3n) is 5.23. The molecule has 0 bridgehead atoms. The van der Waals surface area contributed by atoms with Crippen LogP contribution in [0.4, 0.5) is 14.5 Å². The Kier molecular flexibility index (Phi) is 7.68. The summed E-state index contributed by atoms with van der Waals surface area (Å²) in [5.74, 6) is -4.86. The number of nitrogens with zero attached hydrogens (tertiary/aromatic N) is 1. The van der Waals surface area contributed by atoms with Crippen molar-refractivity contribution in [3.05, 3.63) is 74.8 Å². The summed E-state index contributed by atoms with van der Waals surface area (Å²) in [4.78, 5) is 38.6. The number of benzene rings is 2. The Morgan fingerprint density at radius 2 is 1.89 bits per heavy atom. The number of aromatic carboxylic acids is 1. The molecule has 2 amide bonds. The monoisotopic (exact) mass is 561 g/mol. The first-order valence-electron chi connectivity index (χ1n) is 10.5. The summed E-state index contributed by atoms with van der Waals surface area (Å²) < 4.78 is 27.0. The van der Waals surface area contributed by atoms with E-state index in [0.29, 0.717) is 20.9 Å². The van der Waals surface area contributed by atoms with Gasteiger partial charge in [-0.25, -0.2) is 13.6 Å². The van der Waals surface area contributed by atoms with Crippen molar-refractivity contribution in [1.29, 1.82) is 0 Å². The van der Waals surface area contributed by atoms with Gasteiger partial charge in [0.15, 0.2) is 11.6 Å². The van der Waals surface area contributed by atoms with Crippen molar-refractivity contribution in [1.82, 2.24) is 4.90 Å². The third-order valence-corrected chi connectivity index (χ3v) is 7.49. The molecule has 1 fully saturated rings. The predicted octanol–water partition coefficient (Wildman–Crippen LogP) is 4.26. The molecule has 1 aliphatic rings. The van der Waals surface area contributed by atoms with Crippen LogP contribution in [0, 0.1) is 11.6 Å². The van der Waals surface area contributed by atoms with Crippen molar-refractivity contribution >= 4 is 69.2 Å². The number of hydrogen-bond donors (Lipinski definition) is 4. The molecule has 5 N–H and O–H groups in total. The first kappa shape index (κ1) is 26.4. The number of phenols is 1. The molecule has 1 saturated heterocycles. The summed E-state index contributed by atoms with van der Waals surface area (Å²) in [6.07, 6.45) is 1.62. The Morgan fingerprint density at radius 3 is 2.57 bits per heavy atom. The molecule has 4 rings (SSSR count). The van der Waals surface area contributed by atoms with Crippen LogP contribution in [0.3, 0.4) is 0 Å². The standard InChI is InChI=1S/C24H17F2N3O5S3/c25-16-4-1-11(6-17(16)26)12-5-14(36-10-12)8-20-22(32)29(24(35)37-20)9-18(27)21(31)28-13-2-3-15(23(33)34)19(30)7-13/h1-8,10,18,30H,9,27H2,(H,28,31)(H,33,34)/b20-8-/t18-/m0/s1. The van der Waals surface area contributed by atoms with Crippen LogP contribution in [0.5, 0.6) is 5.75 Å². The second kappa shape index (κ2) is 10.8. The molecule has 0 radical (unpaired) electrons. The van der Waals surface area contributed by atoms with Gasteiger partial charge in [-0.1, -0.05) is 30.0 Å². The number of amides is 2. The molecule has 190 valence electrons. The Morgan fingerprint density at radius 1 is 1.14 bits per heavy atom. The predicted molar refractivity (Wildman–Crippen MR) is 141 cm³/mol. The zero-order valence-electron chi connectivity index (χ0n) is 18.6. The number of carboxylic acids is 1. The number of carbonyl (C=O) groups is 3. The van der Waals surface area contributed by atoms with Crippen molar-refractivity contribution in [2.45, 2.75) is 6.04 Å². The number of carboxylic acid groups (broad SMARTS) is 1. The smallest absolute Gasteiger partial charge is 0.339 e. The molecular weight excluding hydrogens is 544 g/mol. The number of hydrogen-bond acceptors (Lipinski definition) is 8. The van der Waals surface area contributed by atoms with Crippen molar-refractivity contribution in [3.8, 4) is 16.9 Å². The number of rotatable bonds is 7. The molecule has 0 unspecified atom stereocenters. The molecule has 13 heteroatoms. The maximum atomic E-state index is 13.6. The van der Waals surface area contributed by atoms with E-state index >= 15 is 0 Å². The first-order chi connectivity index (χ1) is 17.5. The lowest BCUT2D eigenvalue weighted by Crippen LogP contribution is -2.46. The number of nitrogens with two attached hydrogens (primary N) is 1. The minimum Gasteiger partial charge on any atom is -0.507 e. The molecule has 1 aliphatic heterocycles. The van der Waals surface area contributed by atoms with Gasteiger partial charge in [0.05, 0.1) is 11.4 Å². The quantitative estimate of drug-likeness (QED) is 0.248. The van der Waals surface area contributed by atoms with E-state index in [-0.39, 0.29) is 22.1 Å². The van der Waals surface area contributed by atoms with Crippen LogP contribution in [0.2, 0.25) is 0 Å². The highest BCUT2D eigenvalue weighted by atomic mass is 32.2. The van der Waals surface area contributed by atoms with Gasteiger partial charge in [-0.15, -0.1) is 11.3 Å². The normalized spacial score (nSPS) is 15.3. The van der Waals surface area contributed by atoms with Crippen molar-refractivity contribution in [3.63, 3.8) is 0 Å². The van der Waals surface area contributed by atoms with Gasteiger partial charge in [0.2, 0.25) is 5.91 Å². The molecule has 8 nitrogen and oxygen atoms in total. The zero-order chi connectivity index (χ0) is 26.9. The van der Waals surface area contributed by atoms with E-state index in [0.717, 1.165) is 36.0 Å². The van der Waals surface area contributed by atoms with Crippen LogP contribution in [0.1, 0.15) is 15.2 Å². The summed E-state index contributed by atoms with van der Waals surface area (Å²) >= 11 is 7.63. The highest BCUT2D eigenvalue weighted by molar-refractivity contribution is 8.26. The van der Waals surface area contributed by atoms with Gasteiger partial charge in [0, 0.05) is 16.6 Å². The fourth-order valence-corrected chi connectivity index (χ4v) is 5.54. The number of anilines is 1. The molecular formula is C24H17F2N3O5S3. The number of aromatic hydroxyl groups is 1. The van der Waals surface area contributed by atoms with E-state index in [2.05, 4.69) is 5.32 Å². The van der Waals surface area contributed by atoms with E-state index in [1.807, 2.05) is 0 Å². The molecule has 1 aromatic heterocycles. The lowest BCUT2D eigenvalue weighted by atomic mass is 10.1. The summed E-state index contributed by atoms with van der Waals surface area (Å²) in [7, 11) is 0. The SMILES string of the molecule is N[C@@H](CN1C(=O)/C(=C/c2cc(-c3ccc(F)c(F)c3)cs2)SC1=S)C(=O)Nc1ccc(C(=O)O)c(O)c1. The van der Waals surface area contributed by atoms with Gasteiger partial charge in [0.1, 0.15) is 21.7 Å². The lowest BCUT2D eigenvalue weighted by Gasteiger charge is -2.19. The first-order valence-corrected chi connectivity index (χ1v) is 12.6. The Labute approximate surface area is 222 Å². The van der Waals surface area contributed by atoms with Crippen LogP contribution in [0.25, 0.3) is 17.2 Å². The summed E-state index contributed by atoms with van der Waals surface area (Å²) in [6, 6.07) is 7.65. The second-order valence-electron chi connectivity index (χ2n) is 7.79. The summed E-state index contributed by atoms with van der Waals surface area (Å²) in [6.45, 7) is -0.211. The average molecular weight is 562 g/mol. The van der Waals surface area contributed by atoms with Crippen LogP contribution in [-0.4, -0.2) is 49.8 Å². The largest absolute Gasteiger partial charge is 0.507 e. The van der Waals surface area contributed by atoms with Gasteiger partial charge in [0.25, 0.3) is 5.91 Å². The Bertz CT molecular complexity index is 1470. The highest BCUT2D eigenvalue weighted by Crippen LogP contribution is 2.35. The molecule has 0 spiro atoms. The van der Waals surface area contributed by atoms with Gasteiger partial charge < -0.3 is 21.3 Å². The lowest BCUT2D eigenvalue weighted by molar-refractivity contribution is -0.123. The van der Waals surface area contributed by atoms with Gasteiger partial charge >= 0.3 is 5.97 Å². The van der Waals surface area contributed by atoms with E-state index in [9.17, 15) is 28.3 Å². The highest BCUT2D eigenvalue weighted by Gasteiger charge is 2.34. The molecule has 0 saturated carbocycles. The number of nitrogens with one attached hydrogen (secondary N) is 1. The maximum Gasteiger partial charge on any atom is 0.339 e. The summed E-state index contributed by atoms with van der Waals surface area (Å²) in [5.41, 5.74) is 6.92. The van der Waals surface area contributed by atoms with Crippen molar-refractivity contribution in [2.24, 2.45) is 5.73 Å². The minimum absolute atomic E-state index is 0.128. The Balaban J connectivity index is 1.42. The third kappa shape index (κ3) is 5.85. The molecule has 37 heavy (non-hydrogen) atoms. The average Bonchev–Trinajstić information content (AvgIpc) is 3.41. The number of thiocarbonyl (C=S) groups is 1.